The van der Waals surface area contributed by atoms with Gasteiger partial charge >= 0.3 is 0 Å². The number of aromatic amines is 1. The van der Waals surface area contributed by atoms with Crippen molar-refractivity contribution in [3.8, 4) is 5.75 Å². The van der Waals surface area contributed by atoms with E-state index in [0.29, 0.717) is 27.9 Å². The minimum atomic E-state index is -0.432. The molecule has 3 aromatic carbocycles. The predicted molar refractivity (Wildman–Crippen MR) is 109 cm³/mol. The average Bonchev–Trinajstić information content (AvgIpc) is 3.13. The number of ether oxygens (including phenoxy) is 1. The van der Waals surface area contributed by atoms with E-state index >= 15 is 0 Å². The van der Waals surface area contributed by atoms with Gasteiger partial charge in [0.05, 0.1) is 16.0 Å². The first kappa shape index (κ1) is 17.8. The quantitative estimate of drug-likeness (QED) is 0.269. The smallest absolute Gasteiger partial charge is 0.270 e. The van der Waals surface area contributed by atoms with Crippen LogP contribution in [0.5, 0.6) is 5.75 Å². The van der Waals surface area contributed by atoms with Crippen LogP contribution in [0, 0.1) is 10.1 Å². The van der Waals surface area contributed by atoms with E-state index in [1.54, 1.807) is 42.5 Å². The third-order valence-electron chi connectivity index (χ3n) is 4.04. The molecule has 0 aliphatic heterocycles. The Hall–Kier alpha value is -3.64. The van der Waals surface area contributed by atoms with Crippen LogP contribution < -0.4 is 4.74 Å². The first-order valence-corrected chi connectivity index (χ1v) is 8.81. The van der Waals surface area contributed by atoms with Crippen molar-refractivity contribution in [2.24, 2.45) is 0 Å². The molecule has 0 amide bonds. The molecule has 7 heteroatoms. The lowest BCUT2D eigenvalue weighted by Crippen LogP contribution is -1.97. The van der Waals surface area contributed by atoms with Gasteiger partial charge in [0.2, 0.25) is 0 Å². The fraction of sp³-hybridized carbons (Fsp3) is 0. The van der Waals surface area contributed by atoms with Crippen molar-refractivity contribution in [3.05, 3.63) is 99.3 Å². The number of H-pyrrole nitrogens is 1. The van der Waals surface area contributed by atoms with Gasteiger partial charge in [-0.15, -0.1) is 0 Å². The Bertz CT molecular complexity index is 1150. The number of hydrogen-bond donors (Lipinski definition) is 1. The number of fused-ring (bicyclic) bond motifs is 1. The molecule has 0 aliphatic carbocycles. The predicted octanol–water partition coefficient (Wildman–Crippen LogP) is 5.70. The Balaban J connectivity index is 1.79. The first-order valence-electron chi connectivity index (χ1n) is 8.43. The van der Waals surface area contributed by atoms with Crippen LogP contribution >= 0.6 is 11.6 Å². The number of rotatable bonds is 5. The van der Waals surface area contributed by atoms with E-state index in [9.17, 15) is 10.1 Å². The number of imidazole rings is 1. The largest absolute Gasteiger partial charge is 0.453 e. The van der Waals surface area contributed by atoms with E-state index in [4.69, 9.17) is 16.3 Å². The zero-order chi connectivity index (χ0) is 19.5. The third kappa shape index (κ3) is 3.87. The summed E-state index contributed by atoms with van der Waals surface area (Å²) in [5, 5.41) is 11.7. The summed E-state index contributed by atoms with van der Waals surface area (Å²) in [6.07, 6.45) is 1.71. The van der Waals surface area contributed by atoms with Gasteiger partial charge in [0.25, 0.3) is 5.69 Å². The molecule has 4 aromatic rings. The fourth-order valence-corrected chi connectivity index (χ4v) is 2.85. The minimum absolute atomic E-state index is 0.00389. The second-order valence-electron chi connectivity index (χ2n) is 6.02. The first-order chi connectivity index (χ1) is 13.6. The van der Waals surface area contributed by atoms with E-state index in [1.165, 1.54) is 12.1 Å². The molecular formula is C21H14ClN3O3. The highest BCUT2D eigenvalue weighted by Crippen LogP contribution is 2.26. The molecule has 4 rings (SSSR count). The molecular weight excluding hydrogens is 378 g/mol. The number of aromatic nitrogens is 2. The second-order valence-corrected chi connectivity index (χ2v) is 6.46. The molecule has 0 spiro atoms. The molecule has 0 atom stereocenters. The monoisotopic (exact) mass is 391 g/mol. The van der Waals surface area contributed by atoms with Crippen LogP contribution in [0.2, 0.25) is 5.02 Å². The van der Waals surface area contributed by atoms with Gasteiger partial charge in [0.1, 0.15) is 5.75 Å². The Kier molecular flexibility index (Phi) is 4.78. The number of nitro groups is 1. The standard InChI is InChI=1S/C21H14ClN3O3/c22-15-8-10-17(11-9-15)28-20(13-14-4-3-5-16(12-14)25(26)27)21-23-18-6-1-2-7-19(18)24-21/h1-13H,(H,23,24)/b20-13-. The summed E-state index contributed by atoms with van der Waals surface area (Å²) >= 11 is 5.94. The van der Waals surface area contributed by atoms with Gasteiger partial charge in [-0.1, -0.05) is 35.9 Å². The molecule has 0 saturated carbocycles. The van der Waals surface area contributed by atoms with Crippen molar-refractivity contribution in [3.63, 3.8) is 0 Å². The lowest BCUT2D eigenvalue weighted by atomic mass is 10.2. The highest BCUT2D eigenvalue weighted by Gasteiger charge is 2.12. The van der Waals surface area contributed by atoms with Gasteiger partial charge in [-0.2, -0.15) is 0 Å². The van der Waals surface area contributed by atoms with Crippen LogP contribution in [0.25, 0.3) is 22.9 Å². The zero-order valence-corrected chi connectivity index (χ0v) is 15.3. The van der Waals surface area contributed by atoms with Crippen molar-refractivity contribution >= 4 is 40.2 Å². The molecule has 0 radical (unpaired) electrons. The van der Waals surface area contributed by atoms with Gasteiger partial charge in [-0.3, -0.25) is 10.1 Å². The van der Waals surface area contributed by atoms with E-state index < -0.39 is 4.92 Å². The molecule has 0 saturated heterocycles. The maximum absolute atomic E-state index is 11.1. The number of nitro benzene ring substituents is 1. The number of non-ortho nitro benzene ring substituents is 1. The molecule has 138 valence electrons. The summed E-state index contributed by atoms with van der Waals surface area (Å²) in [5.74, 6) is 1.52. The summed E-state index contributed by atoms with van der Waals surface area (Å²) in [7, 11) is 0. The third-order valence-corrected chi connectivity index (χ3v) is 4.29. The number of halogens is 1. The summed E-state index contributed by atoms with van der Waals surface area (Å²) in [4.78, 5) is 18.4. The molecule has 1 N–H and O–H groups in total. The normalized spacial score (nSPS) is 11.5. The zero-order valence-electron chi connectivity index (χ0n) is 14.5. The van der Waals surface area contributed by atoms with Crippen molar-refractivity contribution in [2.45, 2.75) is 0 Å². The number of hydrogen-bond acceptors (Lipinski definition) is 4. The number of benzene rings is 3. The van der Waals surface area contributed by atoms with E-state index in [-0.39, 0.29) is 5.69 Å². The summed E-state index contributed by atoms with van der Waals surface area (Å²) < 4.78 is 6.03. The summed E-state index contributed by atoms with van der Waals surface area (Å²) in [6.45, 7) is 0. The molecule has 0 aliphatic rings. The van der Waals surface area contributed by atoms with Gasteiger partial charge in [-0.25, -0.2) is 4.98 Å². The molecule has 28 heavy (non-hydrogen) atoms. The fourth-order valence-electron chi connectivity index (χ4n) is 2.72. The van der Waals surface area contributed by atoms with Gasteiger partial charge in [0.15, 0.2) is 11.6 Å². The van der Waals surface area contributed by atoms with Crippen molar-refractivity contribution < 1.29 is 9.66 Å². The Morgan fingerprint density at radius 1 is 1.07 bits per heavy atom. The van der Waals surface area contributed by atoms with Gasteiger partial charge < -0.3 is 9.72 Å². The topological polar surface area (TPSA) is 81.1 Å². The maximum Gasteiger partial charge on any atom is 0.270 e. The Labute approximate surface area is 165 Å². The number of para-hydroxylation sites is 2. The Morgan fingerprint density at radius 3 is 2.61 bits per heavy atom. The van der Waals surface area contributed by atoms with E-state index in [1.807, 2.05) is 24.3 Å². The summed E-state index contributed by atoms with van der Waals surface area (Å²) in [5.41, 5.74) is 2.28. The number of nitrogens with one attached hydrogen (secondary N) is 1. The Morgan fingerprint density at radius 2 is 1.86 bits per heavy atom. The van der Waals surface area contributed by atoms with Crippen LogP contribution in [-0.4, -0.2) is 14.9 Å². The van der Waals surface area contributed by atoms with Crippen molar-refractivity contribution in [2.75, 3.05) is 0 Å². The van der Waals surface area contributed by atoms with Crippen molar-refractivity contribution in [1.29, 1.82) is 0 Å². The highest BCUT2D eigenvalue weighted by atomic mass is 35.5. The van der Waals surface area contributed by atoms with Crippen molar-refractivity contribution in [1.82, 2.24) is 9.97 Å². The molecule has 6 nitrogen and oxygen atoms in total. The lowest BCUT2D eigenvalue weighted by Gasteiger charge is -2.08. The van der Waals surface area contributed by atoms with Crippen LogP contribution in [0.3, 0.4) is 0 Å². The molecule has 0 bridgehead atoms. The van der Waals surface area contributed by atoms with Crippen LogP contribution in [0.1, 0.15) is 11.4 Å². The summed E-state index contributed by atoms with van der Waals surface area (Å²) in [6, 6.07) is 20.9. The van der Waals surface area contributed by atoms with E-state index in [0.717, 1.165) is 11.0 Å². The van der Waals surface area contributed by atoms with Gasteiger partial charge in [-0.05, 0) is 48.0 Å². The van der Waals surface area contributed by atoms with Crippen LogP contribution in [-0.2, 0) is 0 Å². The SMILES string of the molecule is O=[N+]([O-])c1cccc(/C=C(\Oc2ccc(Cl)cc2)c2nc3ccccc3[nH]2)c1. The second kappa shape index (κ2) is 7.54. The molecule has 0 unspecified atom stereocenters. The van der Waals surface area contributed by atoms with Crippen LogP contribution in [0.4, 0.5) is 5.69 Å². The molecule has 1 aromatic heterocycles. The maximum atomic E-state index is 11.1. The highest BCUT2D eigenvalue weighted by molar-refractivity contribution is 6.30. The lowest BCUT2D eigenvalue weighted by molar-refractivity contribution is -0.384. The van der Waals surface area contributed by atoms with Gasteiger partial charge in [0, 0.05) is 17.2 Å². The number of nitrogens with zero attached hydrogens (tertiary/aromatic N) is 2. The van der Waals surface area contributed by atoms with Crippen LogP contribution in [0.15, 0.2) is 72.8 Å². The van der Waals surface area contributed by atoms with E-state index in [2.05, 4.69) is 9.97 Å². The molecule has 0 fully saturated rings. The molecule has 1 heterocycles. The minimum Gasteiger partial charge on any atom is -0.453 e. The average molecular weight is 392 g/mol.